The average molecular weight is 812 g/mol. The van der Waals surface area contributed by atoms with Crippen LogP contribution in [0.2, 0.25) is 5.02 Å². The highest BCUT2D eigenvalue weighted by molar-refractivity contribution is 14.1. The van der Waals surface area contributed by atoms with Gasteiger partial charge in [-0.15, -0.1) is 0 Å². The van der Waals surface area contributed by atoms with E-state index in [1.165, 1.54) is 11.3 Å². The van der Waals surface area contributed by atoms with Crippen molar-refractivity contribution < 1.29 is 14.3 Å². The monoisotopic (exact) mass is 810 g/mol. The molecule has 1 atom stereocenters. The quantitative estimate of drug-likeness (QED) is 0.120. The second-order valence-electron chi connectivity index (χ2n) is 10.0. The lowest BCUT2D eigenvalue weighted by molar-refractivity contribution is -0.138. The molecule has 226 valence electrons. The molecule has 0 bridgehead atoms. The molecule has 6 nitrogen and oxygen atoms in total. The smallest absolute Gasteiger partial charge is 0.338 e. The van der Waals surface area contributed by atoms with E-state index in [9.17, 15) is 9.59 Å². The molecule has 6 rings (SSSR count). The summed E-state index contributed by atoms with van der Waals surface area (Å²) >= 11 is 13.5. The molecule has 1 aliphatic heterocycles. The zero-order chi connectivity index (χ0) is 31.5. The third-order valence-electron chi connectivity index (χ3n) is 7.14. The Morgan fingerprint density at radius 2 is 1.73 bits per heavy atom. The van der Waals surface area contributed by atoms with Crippen LogP contribution in [0.15, 0.2) is 117 Å². The Bertz CT molecular complexity index is 2110. The van der Waals surface area contributed by atoms with Gasteiger partial charge in [0.25, 0.3) is 5.56 Å². The zero-order valence-corrected chi connectivity index (χ0v) is 29.2. The van der Waals surface area contributed by atoms with Crippen LogP contribution in [0, 0.1) is 3.57 Å². The summed E-state index contributed by atoms with van der Waals surface area (Å²) in [5.41, 5.74) is 3.63. The maximum atomic E-state index is 14.3. The van der Waals surface area contributed by atoms with Crippen molar-refractivity contribution in [2.24, 2.45) is 4.99 Å². The molecule has 0 saturated heterocycles. The predicted molar refractivity (Wildman–Crippen MR) is 190 cm³/mol. The number of thiazole rings is 1. The van der Waals surface area contributed by atoms with Gasteiger partial charge >= 0.3 is 5.97 Å². The molecule has 0 spiro atoms. The molecule has 0 saturated carbocycles. The van der Waals surface area contributed by atoms with Crippen molar-refractivity contribution in [2.45, 2.75) is 19.6 Å². The van der Waals surface area contributed by atoms with Crippen LogP contribution in [0.5, 0.6) is 5.75 Å². The van der Waals surface area contributed by atoms with Crippen LogP contribution >= 0.6 is 61.5 Å². The van der Waals surface area contributed by atoms with Crippen molar-refractivity contribution in [3.8, 4) is 5.75 Å². The number of carbonyl (C=O) groups is 1. The third kappa shape index (κ3) is 6.58. The molecule has 0 aliphatic carbocycles. The van der Waals surface area contributed by atoms with E-state index in [2.05, 4.69) is 38.5 Å². The number of benzene rings is 4. The fourth-order valence-corrected chi connectivity index (χ4v) is 8.03. The lowest BCUT2D eigenvalue weighted by Gasteiger charge is -2.25. The molecule has 0 N–H and O–H groups in total. The van der Waals surface area contributed by atoms with Gasteiger partial charge in [0.05, 0.1) is 32.0 Å². The number of halogens is 3. The summed E-state index contributed by atoms with van der Waals surface area (Å²) in [6.07, 6.45) is 1.82. The Balaban J connectivity index is 1.56. The van der Waals surface area contributed by atoms with Gasteiger partial charge in [0.15, 0.2) is 4.80 Å². The van der Waals surface area contributed by atoms with Crippen LogP contribution in [0.4, 0.5) is 0 Å². The maximum Gasteiger partial charge on any atom is 0.338 e. The third-order valence-corrected chi connectivity index (χ3v) is 9.75. The Morgan fingerprint density at radius 1 is 1.04 bits per heavy atom. The minimum Gasteiger partial charge on any atom is -0.487 e. The topological polar surface area (TPSA) is 69.9 Å². The van der Waals surface area contributed by atoms with Crippen LogP contribution in [0.1, 0.15) is 35.2 Å². The molecule has 0 fully saturated rings. The van der Waals surface area contributed by atoms with E-state index in [1.807, 2.05) is 103 Å². The molecule has 10 heteroatoms. The van der Waals surface area contributed by atoms with Crippen molar-refractivity contribution in [3.63, 3.8) is 0 Å². The van der Waals surface area contributed by atoms with Gasteiger partial charge in [-0.05, 0) is 59.4 Å². The number of esters is 1. The largest absolute Gasteiger partial charge is 0.487 e. The molecular weight excluding hydrogens is 787 g/mol. The van der Waals surface area contributed by atoms with Crippen LogP contribution in [0.3, 0.4) is 0 Å². The molecule has 1 aromatic heterocycles. The molecule has 45 heavy (non-hydrogen) atoms. The average Bonchev–Trinajstić information content (AvgIpc) is 3.35. The Morgan fingerprint density at radius 3 is 2.44 bits per heavy atom. The summed E-state index contributed by atoms with van der Waals surface area (Å²) in [5, 5.41) is 0.618. The zero-order valence-electron chi connectivity index (χ0n) is 23.9. The SMILES string of the molecule is CCOC(=O)C1=C(c2ccccc2)N=c2s/c(=C\c3cc(Br)cc(I)c3OCc3ccccc3Cl)c(=O)n2[C@@H]1c1ccccc1. The van der Waals surface area contributed by atoms with E-state index >= 15 is 0 Å². The lowest BCUT2D eigenvalue weighted by Crippen LogP contribution is -2.40. The summed E-state index contributed by atoms with van der Waals surface area (Å²) < 4.78 is 15.6. The van der Waals surface area contributed by atoms with Crippen molar-refractivity contribution in [1.29, 1.82) is 0 Å². The molecule has 2 heterocycles. The van der Waals surface area contributed by atoms with Gasteiger partial charge in [-0.2, -0.15) is 0 Å². The summed E-state index contributed by atoms with van der Waals surface area (Å²) in [5.74, 6) is 0.112. The molecule has 0 amide bonds. The van der Waals surface area contributed by atoms with Crippen molar-refractivity contribution in [1.82, 2.24) is 4.57 Å². The van der Waals surface area contributed by atoms with Crippen molar-refractivity contribution in [2.75, 3.05) is 6.61 Å². The number of nitrogens with zero attached hydrogens (tertiary/aromatic N) is 2. The molecule has 5 aromatic rings. The first-order valence-electron chi connectivity index (χ1n) is 14.0. The molecule has 4 aromatic carbocycles. The summed E-state index contributed by atoms with van der Waals surface area (Å²) in [6.45, 7) is 2.21. The first kappa shape index (κ1) is 31.5. The molecule has 0 unspecified atom stereocenters. The highest BCUT2D eigenvalue weighted by Gasteiger charge is 2.35. The summed E-state index contributed by atoms with van der Waals surface area (Å²) in [6, 6.07) is 29.7. The maximum absolute atomic E-state index is 14.3. The molecule has 0 radical (unpaired) electrons. The number of hydrogen-bond acceptors (Lipinski definition) is 6. The molecule has 1 aliphatic rings. The number of hydrogen-bond donors (Lipinski definition) is 0. The van der Waals surface area contributed by atoms with Gasteiger partial charge in [0.1, 0.15) is 12.4 Å². The van der Waals surface area contributed by atoms with E-state index in [0.29, 0.717) is 31.4 Å². The van der Waals surface area contributed by atoms with Crippen molar-refractivity contribution >= 4 is 79.2 Å². The number of rotatable bonds is 8. The minimum absolute atomic E-state index is 0.189. The Kier molecular flexibility index (Phi) is 9.70. The lowest BCUT2D eigenvalue weighted by atomic mass is 9.93. The van der Waals surface area contributed by atoms with Crippen LogP contribution in [-0.4, -0.2) is 17.1 Å². The van der Waals surface area contributed by atoms with Gasteiger partial charge in [-0.1, -0.05) is 118 Å². The summed E-state index contributed by atoms with van der Waals surface area (Å²) in [4.78, 5) is 33.3. The fourth-order valence-electron chi connectivity index (χ4n) is 5.14. The van der Waals surface area contributed by atoms with Crippen LogP contribution < -0.4 is 19.6 Å². The van der Waals surface area contributed by atoms with E-state index in [4.69, 9.17) is 26.1 Å². The summed E-state index contributed by atoms with van der Waals surface area (Å²) in [7, 11) is 0. The second-order valence-corrected chi connectivity index (χ2v) is 13.5. The number of carbonyl (C=O) groups excluding carboxylic acids is 1. The minimum atomic E-state index is -0.738. The highest BCUT2D eigenvalue weighted by Crippen LogP contribution is 2.35. The number of ether oxygens (including phenoxy) is 2. The predicted octanol–water partition coefficient (Wildman–Crippen LogP) is 7.54. The highest BCUT2D eigenvalue weighted by atomic mass is 127. The Labute approximate surface area is 290 Å². The van der Waals surface area contributed by atoms with E-state index < -0.39 is 12.0 Å². The first-order valence-corrected chi connectivity index (χ1v) is 17.1. The second kappa shape index (κ2) is 13.9. The van der Waals surface area contributed by atoms with Gasteiger partial charge in [-0.25, -0.2) is 9.79 Å². The number of aromatic nitrogens is 1. The molecular formula is C35H25BrClIN2O4S. The first-order chi connectivity index (χ1) is 21.9. The Hall–Kier alpha value is -3.51. The standard InChI is InChI=1S/C35H25BrClIN2O4S/c1-2-43-34(42)29-30(21-11-5-3-6-12-21)39-35-40(31(29)22-13-7-4-8-14-22)33(41)28(45-35)18-24-17-25(36)19-27(38)32(24)44-20-23-15-9-10-16-26(23)37/h3-19,31H,2,20H2,1H3/b28-18-/t31-/m1/s1. The van der Waals surface area contributed by atoms with Crippen LogP contribution in [0.25, 0.3) is 11.8 Å². The normalized spacial score (nSPS) is 14.6. The fraction of sp³-hybridized carbons (Fsp3) is 0.114. The van der Waals surface area contributed by atoms with E-state index in [0.717, 1.165) is 30.3 Å². The van der Waals surface area contributed by atoms with Crippen LogP contribution in [-0.2, 0) is 16.1 Å². The van der Waals surface area contributed by atoms with Crippen molar-refractivity contribution in [3.05, 3.63) is 158 Å². The number of fused-ring (bicyclic) bond motifs is 1. The van der Waals surface area contributed by atoms with E-state index in [-0.39, 0.29) is 18.8 Å². The van der Waals surface area contributed by atoms with E-state index in [1.54, 1.807) is 11.5 Å². The van der Waals surface area contributed by atoms with Gasteiger partial charge in [0, 0.05) is 26.2 Å². The van der Waals surface area contributed by atoms with Gasteiger partial charge in [0.2, 0.25) is 0 Å². The van der Waals surface area contributed by atoms with Gasteiger partial charge < -0.3 is 9.47 Å². The van der Waals surface area contributed by atoms with Gasteiger partial charge in [-0.3, -0.25) is 9.36 Å².